The van der Waals surface area contributed by atoms with Crippen molar-refractivity contribution in [1.82, 2.24) is 0 Å². The monoisotopic (exact) mass is 700 g/mol. The van der Waals surface area contributed by atoms with Crippen LogP contribution in [0.2, 0.25) is 0 Å². The zero-order valence-electron chi connectivity index (χ0n) is 31.4. The highest BCUT2D eigenvalue weighted by Crippen LogP contribution is 2.60. The predicted molar refractivity (Wildman–Crippen MR) is 198 cm³/mol. The van der Waals surface area contributed by atoms with Gasteiger partial charge in [0.1, 0.15) is 11.1 Å². The molecule has 0 amide bonds. The van der Waals surface area contributed by atoms with Gasteiger partial charge in [0.2, 0.25) is 24.3 Å². The van der Waals surface area contributed by atoms with E-state index in [-0.39, 0.29) is 23.7 Å². The molecule has 6 aliphatic carbocycles. The smallest absolute Gasteiger partial charge is 0.211 e. The van der Waals surface area contributed by atoms with Gasteiger partial charge >= 0.3 is 0 Å². The van der Waals surface area contributed by atoms with Crippen molar-refractivity contribution in [1.29, 1.82) is 0 Å². The first-order chi connectivity index (χ1) is 25.0. The topological polar surface area (TPSA) is 118 Å². The minimum atomic E-state index is -0.681. The normalized spacial score (nSPS) is 32.4. The summed E-state index contributed by atoms with van der Waals surface area (Å²) in [5, 5.41) is 0. The molecule has 6 saturated carbocycles. The van der Waals surface area contributed by atoms with Gasteiger partial charge < -0.3 is 0 Å². The van der Waals surface area contributed by atoms with Crippen molar-refractivity contribution in [2.45, 2.75) is 208 Å². The summed E-state index contributed by atoms with van der Waals surface area (Å²) in [5.74, 6) is 2.07. The molecule has 6 fully saturated rings. The van der Waals surface area contributed by atoms with Gasteiger partial charge in [-0.15, -0.1) is 0 Å². The van der Waals surface area contributed by atoms with Gasteiger partial charge in [-0.05, 0) is 145 Å². The van der Waals surface area contributed by atoms with Gasteiger partial charge in [0.25, 0.3) is 0 Å². The van der Waals surface area contributed by atoms with Crippen LogP contribution >= 0.6 is 0 Å². The Labute approximate surface area is 306 Å². The van der Waals surface area contributed by atoms with E-state index in [1.54, 1.807) is 0 Å². The third-order valence-electron chi connectivity index (χ3n) is 15.9. The maximum atomic E-state index is 12.3. The van der Waals surface area contributed by atoms with Crippen LogP contribution < -0.4 is 0 Å². The molecular weight excluding hydrogens is 636 g/mol. The fourth-order valence-electron chi connectivity index (χ4n) is 13.7. The molecule has 0 saturated heterocycles. The van der Waals surface area contributed by atoms with Gasteiger partial charge in [-0.3, -0.25) is 0 Å². The largest absolute Gasteiger partial charge is 0.235 e. The molecule has 0 atom stereocenters. The Hall–Kier alpha value is -2.48. The zero-order chi connectivity index (χ0) is 35.6. The number of aliphatic imine (C=N–C) groups is 4. The predicted octanol–water partition coefficient (Wildman–Crippen LogP) is 10.4. The third-order valence-corrected chi connectivity index (χ3v) is 15.9. The molecule has 0 aromatic rings. The molecule has 6 rings (SSSR count). The molecule has 0 N–H and O–H groups in total. The summed E-state index contributed by atoms with van der Waals surface area (Å²) >= 11 is 0. The number of carbonyl (C=O) groups excluding carboxylic acids is 4. The summed E-state index contributed by atoms with van der Waals surface area (Å²) in [6.07, 6.45) is 38.7. The van der Waals surface area contributed by atoms with Crippen LogP contribution in [0.1, 0.15) is 186 Å². The van der Waals surface area contributed by atoms with Crippen LogP contribution in [0.3, 0.4) is 0 Å². The highest BCUT2D eigenvalue weighted by atomic mass is 16.1. The summed E-state index contributed by atoms with van der Waals surface area (Å²) in [5.41, 5.74) is -2.68. The van der Waals surface area contributed by atoms with Gasteiger partial charge in [-0.1, -0.05) is 77.0 Å². The standard InChI is InChI=1S/C43H64N4O4/c48-30-44-40(42(46-32-50,36-13-5-1-6-14-36)37-15-7-2-8-16-37)25-21-34(22-26-40)29-35-23-27-41(28-24-35,45-31-49)43(47-33-51,38-17-9-3-10-18-38)39-19-11-4-12-20-39/h34-39H,1-29H2. The third kappa shape index (κ3) is 7.38. The Morgan fingerprint density at radius 1 is 0.392 bits per heavy atom. The molecule has 0 radical (unpaired) electrons. The quantitative estimate of drug-likeness (QED) is 0.149. The van der Waals surface area contributed by atoms with Gasteiger partial charge in [0.15, 0.2) is 0 Å². The van der Waals surface area contributed by atoms with Crippen molar-refractivity contribution in [3.8, 4) is 0 Å². The first-order valence-corrected chi connectivity index (χ1v) is 21.4. The number of isocyanates is 4. The van der Waals surface area contributed by atoms with Crippen molar-refractivity contribution >= 4 is 24.3 Å². The minimum absolute atomic E-state index is 0.261. The van der Waals surface area contributed by atoms with Gasteiger partial charge in [0.05, 0.1) is 11.1 Å². The second-order valence-electron chi connectivity index (χ2n) is 18.0. The lowest BCUT2D eigenvalue weighted by atomic mass is 9.51. The fraction of sp³-hybridized carbons (Fsp3) is 0.907. The van der Waals surface area contributed by atoms with Crippen LogP contribution in [0, 0.1) is 35.5 Å². The van der Waals surface area contributed by atoms with E-state index in [0.29, 0.717) is 11.8 Å². The van der Waals surface area contributed by atoms with Gasteiger partial charge in [-0.2, -0.15) is 20.0 Å². The second-order valence-corrected chi connectivity index (χ2v) is 18.0. The summed E-state index contributed by atoms with van der Waals surface area (Å²) in [6, 6.07) is 0. The summed E-state index contributed by atoms with van der Waals surface area (Å²) < 4.78 is 0. The lowest BCUT2D eigenvalue weighted by molar-refractivity contribution is -0.00262. The average Bonchev–Trinajstić information content (AvgIpc) is 3.19. The van der Waals surface area contributed by atoms with E-state index < -0.39 is 22.2 Å². The Kier molecular flexibility index (Phi) is 13.2. The molecule has 8 heteroatoms. The molecule has 0 aliphatic heterocycles. The van der Waals surface area contributed by atoms with E-state index in [9.17, 15) is 19.2 Å². The Morgan fingerprint density at radius 2 is 0.667 bits per heavy atom. The maximum absolute atomic E-state index is 12.3. The first-order valence-electron chi connectivity index (χ1n) is 21.4. The van der Waals surface area contributed by atoms with Crippen LogP contribution in [-0.4, -0.2) is 46.5 Å². The van der Waals surface area contributed by atoms with Crippen molar-refractivity contribution in [3.05, 3.63) is 0 Å². The van der Waals surface area contributed by atoms with Crippen molar-refractivity contribution in [2.24, 2.45) is 55.5 Å². The molecule has 0 unspecified atom stereocenters. The van der Waals surface area contributed by atoms with E-state index >= 15 is 0 Å². The lowest BCUT2D eigenvalue weighted by Gasteiger charge is -2.57. The number of hydrogen-bond donors (Lipinski definition) is 0. The Bertz CT molecular complexity index is 1190. The van der Waals surface area contributed by atoms with E-state index in [1.807, 2.05) is 12.2 Å². The average molecular weight is 701 g/mol. The van der Waals surface area contributed by atoms with Crippen LogP contribution in [-0.2, 0) is 19.2 Å². The summed E-state index contributed by atoms with van der Waals surface area (Å²) in [4.78, 5) is 68.4. The molecule has 0 heterocycles. The van der Waals surface area contributed by atoms with E-state index in [0.717, 1.165) is 161 Å². The van der Waals surface area contributed by atoms with E-state index in [2.05, 4.69) is 12.2 Å². The zero-order valence-corrected chi connectivity index (χ0v) is 31.4. The van der Waals surface area contributed by atoms with Crippen molar-refractivity contribution in [2.75, 3.05) is 0 Å². The van der Waals surface area contributed by atoms with Crippen LogP contribution in [0.4, 0.5) is 0 Å². The van der Waals surface area contributed by atoms with Gasteiger partial charge in [-0.25, -0.2) is 19.2 Å². The van der Waals surface area contributed by atoms with E-state index in [4.69, 9.17) is 20.0 Å². The maximum Gasteiger partial charge on any atom is 0.235 e. The number of hydrogen-bond acceptors (Lipinski definition) is 8. The fourth-order valence-corrected chi connectivity index (χ4v) is 13.7. The molecule has 0 spiro atoms. The second kappa shape index (κ2) is 17.6. The molecular formula is C43H64N4O4. The van der Waals surface area contributed by atoms with Crippen LogP contribution in [0.15, 0.2) is 20.0 Å². The SMILES string of the molecule is O=C=NC1(C(N=C=O)(C2CCCCC2)C2CCCCC2)CCC(CC2CCC(N=C=O)(C(N=C=O)(C3CCCCC3)C3CCCCC3)CC2)CC1. The lowest BCUT2D eigenvalue weighted by Crippen LogP contribution is -2.63. The van der Waals surface area contributed by atoms with Crippen molar-refractivity contribution < 1.29 is 19.2 Å². The molecule has 0 aromatic carbocycles. The molecule has 0 aromatic heterocycles. The highest BCUT2D eigenvalue weighted by Gasteiger charge is 2.63. The Morgan fingerprint density at radius 3 is 0.902 bits per heavy atom. The van der Waals surface area contributed by atoms with Gasteiger partial charge in [0, 0.05) is 0 Å². The highest BCUT2D eigenvalue weighted by molar-refractivity contribution is 5.43. The number of rotatable bonds is 12. The minimum Gasteiger partial charge on any atom is -0.211 e. The molecule has 280 valence electrons. The first kappa shape index (κ1) is 38.3. The van der Waals surface area contributed by atoms with Crippen molar-refractivity contribution in [3.63, 3.8) is 0 Å². The molecule has 6 aliphatic rings. The van der Waals surface area contributed by atoms with Crippen LogP contribution in [0.5, 0.6) is 0 Å². The summed E-state index contributed by atoms with van der Waals surface area (Å²) in [7, 11) is 0. The molecule has 8 nitrogen and oxygen atoms in total. The van der Waals surface area contributed by atoms with E-state index in [1.165, 1.54) is 25.7 Å². The molecule has 51 heavy (non-hydrogen) atoms. The molecule has 0 bridgehead atoms. The Balaban J connectivity index is 1.21. The summed E-state index contributed by atoms with van der Waals surface area (Å²) in [6.45, 7) is 0. The van der Waals surface area contributed by atoms with Crippen LogP contribution in [0.25, 0.3) is 0 Å². The number of nitrogens with zero attached hydrogens (tertiary/aromatic N) is 4.